The molecule has 17 heavy (non-hydrogen) atoms. The molecule has 0 radical (unpaired) electrons. The van der Waals surface area contributed by atoms with Gasteiger partial charge in [0, 0.05) is 18.3 Å². The summed E-state index contributed by atoms with van der Waals surface area (Å²) in [5.74, 6) is -1.35. The van der Waals surface area contributed by atoms with Gasteiger partial charge in [0.15, 0.2) is 11.0 Å². The van der Waals surface area contributed by atoms with E-state index < -0.39 is 5.92 Å². The lowest BCUT2D eigenvalue weighted by atomic mass is 10.1. The minimum atomic E-state index is -0.789. The number of nitrogens with one attached hydrogen (secondary N) is 1. The van der Waals surface area contributed by atoms with Gasteiger partial charge >= 0.3 is 0 Å². The minimum absolute atomic E-state index is 0.187. The molecule has 3 rings (SSSR count). The van der Waals surface area contributed by atoms with Gasteiger partial charge in [-0.05, 0) is 37.9 Å². The van der Waals surface area contributed by atoms with E-state index in [-0.39, 0.29) is 23.0 Å². The average Bonchev–Trinajstić information content (AvgIpc) is 3.12. The van der Waals surface area contributed by atoms with Gasteiger partial charge in [0.2, 0.25) is 11.8 Å². The first-order chi connectivity index (χ1) is 8.16. The molecule has 0 spiro atoms. The SMILES string of the molecule is O=C1NC(=S)N(C2CC2)C(=O)C1C=NC1CC1. The maximum atomic E-state index is 12.1. The van der Waals surface area contributed by atoms with Crippen LogP contribution in [0.2, 0.25) is 0 Å². The number of carbonyl (C=O) groups excluding carboxylic acids is 2. The number of rotatable bonds is 3. The summed E-state index contributed by atoms with van der Waals surface area (Å²) in [5.41, 5.74) is 0. The number of nitrogens with zero attached hydrogens (tertiary/aromatic N) is 2. The summed E-state index contributed by atoms with van der Waals surface area (Å²) < 4.78 is 0. The van der Waals surface area contributed by atoms with E-state index in [1.54, 1.807) is 4.90 Å². The predicted octanol–water partition coefficient (Wildman–Crippen LogP) is 0.241. The zero-order valence-electron chi connectivity index (χ0n) is 9.26. The summed E-state index contributed by atoms with van der Waals surface area (Å²) in [7, 11) is 0. The van der Waals surface area contributed by atoms with Crippen molar-refractivity contribution in [1.82, 2.24) is 10.2 Å². The Morgan fingerprint density at radius 1 is 1.29 bits per heavy atom. The molecule has 1 heterocycles. The highest BCUT2D eigenvalue weighted by atomic mass is 32.1. The first kappa shape index (κ1) is 10.8. The molecule has 1 unspecified atom stereocenters. The summed E-state index contributed by atoms with van der Waals surface area (Å²) in [6.07, 6.45) is 5.54. The minimum Gasteiger partial charge on any atom is -0.302 e. The molecule has 1 atom stereocenters. The van der Waals surface area contributed by atoms with Crippen LogP contribution in [0.15, 0.2) is 4.99 Å². The van der Waals surface area contributed by atoms with Crippen molar-refractivity contribution in [1.29, 1.82) is 0 Å². The van der Waals surface area contributed by atoms with Crippen molar-refractivity contribution in [3.63, 3.8) is 0 Å². The third-order valence-corrected chi connectivity index (χ3v) is 3.44. The molecule has 90 valence electrons. The summed E-state index contributed by atoms with van der Waals surface area (Å²) in [5, 5.41) is 2.83. The second kappa shape index (κ2) is 3.87. The van der Waals surface area contributed by atoms with Crippen LogP contribution in [0.3, 0.4) is 0 Å². The van der Waals surface area contributed by atoms with Crippen molar-refractivity contribution in [3.05, 3.63) is 0 Å². The second-order valence-electron chi connectivity index (χ2n) is 4.74. The van der Waals surface area contributed by atoms with Crippen LogP contribution >= 0.6 is 12.2 Å². The quantitative estimate of drug-likeness (QED) is 0.444. The largest absolute Gasteiger partial charge is 0.302 e. The fourth-order valence-electron chi connectivity index (χ4n) is 1.85. The first-order valence-corrected chi connectivity index (χ1v) is 6.29. The standard InChI is InChI=1S/C11H13N3O2S/c15-9-8(5-12-6-1-2-6)10(16)14(7-3-4-7)11(17)13-9/h5-8H,1-4H2,(H,13,15,17). The zero-order chi connectivity index (χ0) is 12.0. The van der Waals surface area contributed by atoms with Crippen LogP contribution in [-0.2, 0) is 9.59 Å². The molecule has 2 saturated carbocycles. The van der Waals surface area contributed by atoms with Crippen LogP contribution in [0, 0.1) is 5.92 Å². The van der Waals surface area contributed by atoms with Crippen molar-refractivity contribution in [2.24, 2.45) is 10.9 Å². The molecule has 3 aliphatic rings. The third kappa shape index (κ3) is 2.09. The summed E-state index contributed by atoms with van der Waals surface area (Å²) >= 11 is 5.03. The van der Waals surface area contributed by atoms with E-state index in [0.29, 0.717) is 6.04 Å². The number of thiocarbonyl (C=S) groups is 1. The Morgan fingerprint density at radius 2 is 2.00 bits per heavy atom. The van der Waals surface area contributed by atoms with E-state index in [4.69, 9.17) is 12.2 Å². The van der Waals surface area contributed by atoms with Gasteiger partial charge in [-0.15, -0.1) is 0 Å². The molecule has 3 fully saturated rings. The molecule has 2 amide bonds. The highest BCUT2D eigenvalue weighted by molar-refractivity contribution is 7.80. The lowest BCUT2D eigenvalue weighted by Gasteiger charge is -2.30. The normalized spacial score (nSPS) is 30.0. The van der Waals surface area contributed by atoms with E-state index in [2.05, 4.69) is 10.3 Å². The van der Waals surface area contributed by atoms with Crippen molar-refractivity contribution in [3.8, 4) is 0 Å². The van der Waals surface area contributed by atoms with Crippen molar-refractivity contribution in [2.75, 3.05) is 0 Å². The lowest BCUT2D eigenvalue weighted by Crippen LogP contribution is -2.58. The first-order valence-electron chi connectivity index (χ1n) is 5.88. The molecular formula is C11H13N3O2S. The lowest BCUT2D eigenvalue weighted by molar-refractivity contribution is -0.138. The van der Waals surface area contributed by atoms with Crippen molar-refractivity contribution in [2.45, 2.75) is 37.8 Å². The topological polar surface area (TPSA) is 61.8 Å². The van der Waals surface area contributed by atoms with Crippen molar-refractivity contribution < 1.29 is 9.59 Å². The monoisotopic (exact) mass is 251 g/mol. The van der Waals surface area contributed by atoms with E-state index in [9.17, 15) is 9.59 Å². The molecule has 1 saturated heterocycles. The highest BCUT2D eigenvalue weighted by Crippen LogP contribution is 2.30. The Kier molecular flexibility index (Phi) is 2.47. The van der Waals surface area contributed by atoms with Crippen molar-refractivity contribution >= 4 is 35.4 Å². The van der Waals surface area contributed by atoms with Gasteiger partial charge in [0.1, 0.15) is 0 Å². The zero-order valence-corrected chi connectivity index (χ0v) is 10.1. The molecule has 0 aromatic heterocycles. The Hall–Kier alpha value is -1.30. The molecule has 0 aromatic rings. The number of carbonyl (C=O) groups is 2. The van der Waals surface area contributed by atoms with E-state index in [0.717, 1.165) is 25.7 Å². The van der Waals surface area contributed by atoms with Gasteiger partial charge in [-0.3, -0.25) is 19.5 Å². The molecule has 1 N–H and O–H groups in total. The Morgan fingerprint density at radius 3 is 2.59 bits per heavy atom. The van der Waals surface area contributed by atoms with E-state index in [1.165, 1.54) is 6.21 Å². The van der Waals surface area contributed by atoms with Gasteiger partial charge in [-0.1, -0.05) is 0 Å². The third-order valence-electron chi connectivity index (χ3n) is 3.14. The predicted molar refractivity (Wildman–Crippen MR) is 65.6 cm³/mol. The highest BCUT2D eigenvalue weighted by Gasteiger charge is 2.44. The van der Waals surface area contributed by atoms with Gasteiger partial charge < -0.3 is 5.32 Å². The van der Waals surface area contributed by atoms with Gasteiger partial charge in [0.25, 0.3) is 0 Å². The fraction of sp³-hybridized carbons (Fsp3) is 0.636. The molecule has 5 nitrogen and oxygen atoms in total. The maximum absolute atomic E-state index is 12.1. The van der Waals surface area contributed by atoms with E-state index >= 15 is 0 Å². The molecule has 0 bridgehead atoms. The molecule has 1 aliphatic heterocycles. The summed E-state index contributed by atoms with van der Waals surface area (Å²) in [4.78, 5) is 29.6. The Balaban J connectivity index is 1.78. The van der Waals surface area contributed by atoms with Gasteiger partial charge in [0.05, 0.1) is 0 Å². The summed E-state index contributed by atoms with van der Waals surface area (Å²) in [6.45, 7) is 0. The fourth-order valence-corrected chi connectivity index (χ4v) is 2.19. The van der Waals surface area contributed by atoms with Crippen LogP contribution in [0.25, 0.3) is 0 Å². The maximum Gasteiger partial charge on any atom is 0.247 e. The number of hydrogen-bond donors (Lipinski definition) is 1. The van der Waals surface area contributed by atoms with E-state index in [1.807, 2.05) is 0 Å². The molecular weight excluding hydrogens is 238 g/mol. The van der Waals surface area contributed by atoms with Crippen LogP contribution in [0.1, 0.15) is 25.7 Å². The number of hydrogen-bond acceptors (Lipinski definition) is 4. The van der Waals surface area contributed by atoms with Crippen LogP contribution in [0.4, 0.5) is 0 Å². The van der Waals surface area contributed by atoms with Crippen LogP contribution in [0.5, 0.6) is 0 Å². The summed E-state index contributed by atoms with van der Waals surface area (Å²) in [6, 6.07) is 0.506. The smallest absolute Gasteiger partial charge is 0.247 e. The second-order valence-corrected chi connectivity index (χ2v) is 5.13. The molecule has 0 aromatic carbocycles. The molecule has 6 heteroatoms. The van der Waals surface area contributed by atoms with Crippen LogP contribution in [-0.4, -0.2) is 40.1 Å². The molecule has 2 aliphatic carbocycles. The average molecular weight is 251 g/mol. The number of aliphatic imine (C=N–C) groups is 1. The Labute approximate surface area is 104 Å². The van der Waals surface area contributed by atoms with Gasteiger partial charge in [-0.25, -0.2) is 0 Å². The number of amides is 2. The Bertz CT molecular complexity index is 426. The van der Waals surface area contributed by atoms with Gasteiger partial charge in [-0.2, -0.15) is 0 Å². The van der Waals surface area contributed by atoms with Crippen LogP contribution < -0.4 is 5.32 Å².